The molecule has 2 aliphatic heterocycles. The molecule has 0 N–H and O–H groups in total. The van der Waals surface area contributed by atoms with E-state index < -0.39 is 15.9 Å². The van der Waals surface area contributed by atoms with Crippen LogP contribution in [0.5, 0.6) is 0 Å². The number of carbonyl (C=O) groups is 2. The van der Waals surface area contributed by atoms with Crippen molar-refractivity contribution in [1.82, 2.24) is 4.90 Å². The lowest BCUT2D eigenvalue weighted by atomic mass is 10.1. The van der Waals surface area contributed by atoms with E-state index >= 15 is 0 Å². The number of carbonyl (C=O) groups excluding carboxylic acids is 2. The van der Waals surface area contributed by atoms with Crippen molar-refractivity contribution in [3.63, 3.8) is 0 Å². The van der Waals surface area contributed by atoms with E-state index in [0.717, 1.165) is 17.4 Å². The van der Waals surface area contributed by atoms with Gasteiger partial charge in [0.25, 0.3) is 5.91 Å². The van der Waals surface area contributed by atoms with Crippen molar-refractivity contribution in [3.8, 4) is 0 Å². The van der Waals surface area contributed by atoms with Crippen LogP contribution in [0.1, 0.15) is 27.9 Å². The number of hydrogen-bond donors (Lipinski definition) is 0. The number of nitrogens with zero attached hydrogens (tertiary/aromatic N) is 3. The van der Waals surface area contributed by atoms with Crippen LogP contribution < -0.4 is 9.21 Å². The molecule has 2 saturated heterocycles. The van der Waals surface area contributed by atoms with Crippen molar-refractivity contribution in [2.75, 3.05) is 41.1 Å². The van der Waals surface area contributed by atoms with E-state index in [1.807, 2.05) is 6.07 Å². The van der Waals surface area contributed by atoms with Gasteiger partial charge in [-0.25, -0.2) is 12.7 Å². The van der Waals surface area contributed by atoms with E-state index in [2.05, 4.69) is 30.9 Å². The first kappa shape index (κ1) is 20.4. The Morgan fingerprint density at radius 1 is 0.967 bits per heavy atom. The molecule has 30 heavy (non-hydrogen) atoms. The lowest BCUT2D eigenvalue weighted by Crippen LogP contribution is -2.49. The molecule has 0 unspecified atom stereocenters. The number of hydrogen-bond acceptors (Lipinski definition) is 5. The Kier molecular flexibility index (Phi) is 5.27. The van der Waals surface area contributed by atoms with Crippen LogP contribution >= 0.6 is 0 Å². The maximum absolute atomic E-state index is 13.0. The first-order valence-corrected chi connectivity index (χ1v) is 11.7. The van der Waals surface area contributed by atoms with E-state index in [4.69, 9.17) is 0 Å². The highest BCUT2D eigenvalue weighted by Gasteiger charge is 2.36. The number of aryl methyl sites for hydroxylation is 1. The van der Waals surface area contributed by atoms with Crippen LogP contribution in [0.15, 0.2) is 42.5 Å². The summed E-state index contributed by atoms with van der Waals surface area (Å²) in [6.07, 6.45) is -0.0269. The van der Waals surface area contributed by atoms with Gasteiger partial charge >= 0.3 is 0 Å². The van der Waals surface area contributed by atoms with E-state index in [9.17, 15) is 18.0 Å². The van der Waals surface area contributed by atoms with E-state index in [1.54, 1.807) is 23.1 Å². The standard InChI is InChI=1S/C22H25N3O4S/c1-16-5-3-8-20(17(16)2)23-10-12-24(13-11-23)22(27)18-6-4-7-19(15-18)25-21(26)9-14-30(25,28)29/h3-8,15H,9-14H2,1-2H3. The van der Waals surface area contributed by atoms with Crippen molar-refractivity contribution in [2.24, 2.45) is 0 Å². The Bertz CT molecular complexity index is 1110. The Labute approximate surface area is 176 Å². The summed E-state index contributed by atoms with van der Waals surface area (Å²) in [5.74, 6) is -0.798. The van der Waals surface area contributed by atoms with Gasteiger partial charge in [-0.2, -0.15) is 0 Å². The molecule has 2 aliphatic rings. The van der Waals surface area contributed by atoms with Crippen molar-refractivity contribution >= 4 is 33.2 Å². The summed E-state index contributed by atoms with van der Waals surface area (Å²) in [5.41, 5.74) is 4.32. The molecule has 0 aliphatic carbocycles. The van der Waals surface area contributed by atoms with E-state index in [1.165, 1.54) is 22.9 Å². The highest BCUT2D eigenvalue weighted by Crippen LogP contribution is 2.27. The van der Waals surface area contributed by atoms with Crippen molar-refractivity contribution in [1.29, 1.82) is 0 Å². The molecule has 7 nitrogen and oxygen atoms in total. The van der Waals surface area contributed by atoms with Crippen LogP contribution in [0, 0.1) is 13.8 Å². The SMILES string of the molecule is Cc1cccc(N2CCN(C(=O)c3cccc(N4C(=O)CCS4(=O)=O)c3)CC2)c1C. The molecule has 2 aromatic carbocycles. The van der Waals surface area contributed by atoms with Crippen LogP contribution in [0.4, 0.5) is 11.4 Å². The van der Waals surface area contributed by atoms with Gasteiger partial charge in [-0.15, -0.1) is 0 Å². The lowest BCUT2D eigenvalue weighted by Gasteiger charge is -2.37. The normalized spacial score (nSPS) is 18.7. The zero-order valence-corrected chi connectivity index (χ0v) is 18.0. The fourth-order valence-electron chi connectivity index (χ4n) is 4.05. The van der Waals surface area contributed by atoms with Crippen LogP contribution in [-0.4, -0.2) is 57.1 Å². The Morgan fingerprint density at radius 3 is 2.33 bits per heavy atom. The number of amides is 2. The molecule has 2 amide bonds. The summed E-state index contributed by atoms with van der Waals surface area (Å²) >= 11 is 0. The van der Waals surface area contributed by atoms with Gasteiger partial charge in [0.1, 0.15) is 0 Å². The Balaban J connectivity index is 1.49. The maximum Gasteiger partial charge on any atom is 0.254 e. The Hall–Kier alpha value is -2.87. The molecule has 158 valence electrons. The van der Waals surface area contributed by atoms with Gasteiger partial charge in [0.2, 0.25) is 15.9 Å². The number of sulfonamides is 1. The highest BCUT2D eigenvalue weighted by molar-refractivity contribution is 7.94. The average molecular weight is 428 g/mol. The van der Waals surface area contributed by atoms with Crippen molar-refractivity contribution in [2.45, 2.75) is 20.3 Å². The smallest absolute Gasteiger partial charge is 0.254 e. The van der Waals surface area contributed by atoms with Gasteiger partial charge in [0, 0.05) is 43.9 Å². The molecular formula is C22H25N3O4S. The minimum absolute atomic E-state index is 0.0269. The second-order valence-electron chi connectivity index (χ2n) is 7.77. The first-order chi connectivity index (χ1) is 14.3. The topological polar surface area (TPSA) is 78.0 Å². The monoisotopic (exact) mass is 427 g/mol. The molecule has 4 rings (SSSR count). The molecule has 8 heteroatoms. The molecule has 0 radical (unpaired) electrons. The lowest BCUT2D eigenvalue weighted by molar-refractivity contribution is -0.116. The molecular weight excluding hydrogens is 402 g/mol. The summed E-state index contributed by atoms with van der Waals surface area (Å²) in [7, 11) is -3.65. The fraction of sp³-hybridized carbons (Fsp3) is 0.364. The largest absolute Gasteiger partial charge is 0.368 e. The van der Waals surface area contributed by atoms with Gasteiger partial charge in [-0.05, 0) is 49.2 Å². The molecule has 0 spiro atoms. The molecule has 0 bridgehead atoms. The minimum Gasteiger partial charge on any atom is -0.368 e. The average Bonchev–Trinajstić information content (AvgIpc) is 3.02. The summed E-state index contributed by atoms with van der Waals surface area (Å²) in [4.78, 5) is 29.1. The fourth-order valence-corrected chi connectivity index (χ4v) is 5.50. The number of piperazine rings is 1. The van der Waals surface area contributed by atoms with E-state index in [-0.39, 0.29) is 23.8 Å². The molecule has 0 aromatic heterocycles. The zero-order chi connectivity index (χ0) is 21.5. The Morgan fingerprint density at radius 2 is 1.67 bits per heavy atom. The van der Waals surface area contributed by atoms with Gasteiger partial charge in [0.05, 0.1) is 11.4 Å². The minimum atomic E-state index is -3.65. The predicted octanol–water partition coefficient (Wildman–Crippen LogP) is 2.33. The summed E-state index contributed by atoms with van der Waals surface area (Å²) in [6.45, 7) is 6.83. The highest BCUT2D eigenvalue weighted by atomic mass is 32.2. The van der Waals surface area contributed by atoms with Crippen molar-refractivity contribution < 1.29 is 18.0 Å². The van der Waals surface area contributed by atoms with Gasteiger partial charge in [-0.1, -0.05) is 18.2 Å². The van der Waals surface area contributed by atoms with Crippen LogP contribution in [0.2, 0.25) is 0 Å². The quantitative estimate of drug-likeness (QED) is 0.751. The summed E-state index contributed by atoms with van der Waals surface area (Å²) in [5, 5.41) is 0. The second kappa shape index (κ2) is 7.75. The number of rotatable bonds is 3. The number of benzene rings is 2. The first-order valence-electron chi connectivity index (χ1n) is 10.0. The van der Waals surface area contributed by atoms with Crippen LogP contribution in [0.25, 0.3) is 0 Å². The van der Waals surface area contributed by atoms with Gasteiger partial charge < -0.3 is 9.80 Å². The predicted molar refractivity (Wildman–Crippen MR) is 116 cm³/mol. The molecule has 2 fully saturated rings. The molecule has 0 atom stereocenters. The molecule has 0 saturated carbocycles. The van der Waals surface area contributed by atoms with Crippen molar-refractivity contribution in [3.05, 3.63) is 59.2 Å². The summed E-state index contributed by atoms with van der Waals surface area (Å²) in [6, 6.07) is 12.6. The third-order valence-corrected chi connectivity index (χ3v) is 7.58. The third kappa shape index (κ3) is 3.67. The van der Waals surface area contributed by atoms with E-state index in [0.29, 0.717) is 18.7 Å². The van der Waals surface area contributed by atoms with Crippen LogP contribution in [0.3, 0.4) is 0 Å². The molecule has 2 heterocycles. The molecule has 2 aromatic rings. The van der Waals surface area contributed by atoms with Crippen LogP contribution in [-0.2, 0) is 14.8 Å². The number of anilines is 2. The van der Waals surface area contributed by atoms with Gasteiger partial charge in [0.15, 0.2) is 0 Å². The third-order valence-electron chi connectivity index (χ3n) is 5.89. The zero-order valence-electron chi connectivity index (χ0n) is 17.2. The van der Waals surface area contributed by atoms with Gasteiger partial charge in [-0.3, -0.25) is 9.59 Å². The summed E-state index contributed by atoms with van der Waals surface area (Å²) < 4.78 is 25.2. The maximum atomic E-state index is 13.0. The second-order valence-corrected chi connectivity index (χ2v) is 9.71.